The first-order chi connectivity index (χ1) is 30.3. The summed E-state index contributed by atoms with van der Waals surface area (Å²) in [5.74, 6) is -2.67. The standard InChI is InChI=1S/C43H34O18S4/c1-3-59-32-14-7-26(8-15-32)41(44)27-9-16-33(17-10-27)61-37-20-13-31(24-40(37)65(56,57)58)43(46)29-11-18-35(38(22-29)63(50,51)52)25(2)60-36-19-12-30(23-39(36)64(53,54)55)42(45)28-5-4-6-34(21-28)62(47,48)49/h4-25H,3H2,1-2H3,(H,47,48,49)(H,50,51,52)(H,53,54,55)(H,56,57,58). The molecule has 338 valence electrons. The molecule has 0 spiro atoms. The third-order valence-corrected chi connectivity index (χ3v) is 12.9. The van der Waals surface area contributed by atoms with Crippen molar-refractivity contribution in [3.63, 3.8) is 0 Å². The quantitative estimate of drug-likeness (QED) is 0.0546. The Labute approximate surface area is 372 Å². The SMILES string of the molecule is CCOc1ccc(C(=O)c2ccc(Oc3ccc(C(=O)c4ccc(C(C)Oc5ccc(C(=O)c6cccc(S(=O)(=O)O)c6)cc5S(=O)(=O)O)c(S(=O)(=O)O)c4)cc3S(=O)(=O)O)cc2)cc1. The third-order valence-electron chi connectivity index (χ3n) is 9.43. The summed E-state index contributed by atoms with van der Waals surface area (Å²) in [5, 5.41) is 0. The van der Waals surface area contributed by atoms with E-state index in [1.807, 2.05) is 6.92 Å². The molecule has 0 aliphatic rings. The molecule has 4 N–H and O–H groups in total. The summed E-state index contributed by atoms with van der Waals surface area (Å²) in [7, 11) is -20.2. The molecule has 0 aliphatic carbocycles. The molecule has 0 fully saturated rings. The molecule has 0 radical (unpaired) electrons. The van der Waals surface area contributed by atoms with Crippen molar-refractivity contribution in [1.29, 1.82) is 0 Å². The highest BCUT2D eigenvalue weighted by Crippen LogP contribution is 2.35. The Hall–Kier alpha value is -6.63. The second-order valence-electron chi connectivity index (χ2n) is 13.8. The first-order valence-electron chi connectivity index (χ1n) is 18.6. The van der Waals surface area contributed by atoms with Gasteiger partial charge in [-0.15, -0.1) is 0 Å². The maximum absolute atomic E-state index is 13.7. The summed E-state index contributed by atoms with van der Waals surface area (Å²) in [6, 6.07) is 24.7. The summed E-state index contributed by atoms with van der Waals surface area (Å²) in [6.07, 6.45) is -1.48. The Kier molecular flexibility index (Phi) is 13.6. The number of rotatable bonds is 17. The first-order valence-corrected chi connectivity index (χ1v) is 24.3. The van der Waals surface area contributed by atoms with E-state index >= 15 is 0 Å². The van der Waals surface area contributed by atoms with Gasteiger partial charge in [0.05, 0.1) is 11.5 Å². The number of hydrogen-bond donors (Lipinski definition) is 4. The summed E-state index contributed by atoms with van der Waals surface area (Å²) in [6.45, 7) is 3.48. The molecule has 1 unspecified atom stereocenters. The van der Waals surface area contributed by atoms with Crippen molar-refractivity contribution in [2.45, 2.75) is 39.5 Å². The van der Waals surface area contributed by atoms with Gasteiger partial charge in [0.15, 0.2) is 17.3 Å². The second-order valence-corrected chi connectivity index (χ2v) is 19.4. The van der Waals surface area contributed by atoms with Crippen LogP contribution in [0.1, 0.15) is 73.3 Å². The van der Waals surface area contributed by atoms with Crippen LogP contribution in [0, 0.1) is 0 Å². The zero-order valence-electron chi connectivity index (χ0n) is 33.5. The average Bonchev–Trinajstić information content (AvgIpc) is 3.25. The van der Waals surface area contributed by atoms with Gasteiger partial charge in [0.1, 0.15) is 43.8 Å². The number of hydrogen-bond acceptors (Lipinski definition) is 14. The van der Waals surface area contributed by atoms with Crippen LogP contribution >= 0.6 is 0 Å². The van der Waals surface area contributed by atoms with E-state index < -0.39 is 100 Å². The van der Waals surface area contributed by atoms with Gasteiger partial charge < -0.3 is 14.2 Å². The lowest BCUT2D eigenvalue weighted by Crippen LogP contribution is -2.14. The first kappa shape index (κ1) is 47.8. The molecule has 1 atom stereocenters. The molecular weight excluding hydrogens is 933 g/mol. The number of carbonyl (C=O) groups excluding carboxylic acids is 3. The molecule has 6 rings (SSSR count). The van der Waals surface area contributed by atoms with Crippen molar-refractivity contribution in [2.75, 3.05) is 6.61 Å². The highest BCUT2D eigenvalue weighted by atomic mass is 32.2. The molecule has 0 heterocycles. The van der Waals surface area contributed by atoms with Gasteiger partial charge in [0.2, 0.25) is 0 Å². The number of benzene rings is 6. The Morgan fingerprint density at radius 1 is 0.477 bits per heavy atom. The fraction of sp³-hybridized carbons (Fsp3) is 0.0930. The minimum atomic E-state index is -5.20. The zero-order chi connectivity index (χ0) is 47.6. The van der Waals surface area contributed by atoms with Crippen LogP contribution < -0.4 is 14.2 Å². The minimum Gasteiger partial charge on any atom is -0.494 e. The molecule has 65 heavy (non-hydrogen) atoms. The van der Waals surface area contributed by atoms with E-state index in [0.29, 0.717) is 24.0 Å². The smallest absolute Gasteiger partial charge is 0.298 e. The van der Waals surface area contributed by atoms with Gasteiger partial charge in [-0.3, -0.25) is 32.6 Å². The van der Waals surface area contributed by atoms with Crippen molar-refractivity contribution in [3.05, 3.63) is 166 Å². The van der Waals surface area contributed by atoms with Crippen LogP contribution in [0.25, 0.3) is 0 Å². The molecule has 6 aromatic rings. The molecule has 0 aliphatic heterocycles. The Morgan fingerprint density at radius 3 is 1.38 bits per heavy atom. The zero-order valence-corrected chi connectivity index (χ0v) is 36.8. The summed E-state index contributed by atoms with van der Waals surface area (Å²) in [4.78, 5) is 36.5. The predicted octanol–water partition coefficient (Wildman–Crippen LogP) is 6.70. The summed E-state index contributed by atoms with van der Waals surface area (Å²) >= 11 is 0. The topological polar surface area (TPSA) is 296 Å². The molecule has 6 aromatic carbocycles. The number of ether oxygens (including phenoxy) is 3. The van der Waals surface area contributed by atoms with Crippen LogP contribution in [0.4, 0.5) is 0 Å². The lowest BCUT2D eigenvalue weighted by molar-refractivity contribution is 0.103. The fourth-order valence-corrected chi connectivity index (χ4v) is 8.96. The van der Waals surface area contributed by atoms with Crippen molar-refractivity contribution in [2.24, 2.45) is 0 Å². The summed E-state index contributed by atoms with van der Waals surface area (Å²) in [5.41, 5.74) is -1.18. The molecular formula is C43H34O18S4. The lowest BCUT2D eigenvalue weighted by atomic mass is 10.0. The van der Waals surface area contributed by atoms with Gasteiger partial charge in [-0.05, 0) is 117 Å². The number of ketones is 3. The Balaban J connectivity index is 1.25. The van der Waals surface area contributed by atoms with Crippen LogP contribution in [0.3, 0.4) is 0 Å². The number of carbonyl (C=O) groups is 3. The molecule has 0 bridgehead atoms. The normalized spacial score (nSPS) is 12.5. The highest BCUT2D eigenvalue weighted by molar-refractivity contribution is 7.86. The molecule has 22 heteroatoms. The Bertz CT molecular complexity index is 3330. The van der Waals surface area contributed by atoms with Crippen molar-refractivity contribution < 1.29 is 80.5 Å². The van der Waals surface area contributed by atoms with Crippen LogP contribution in [0.2, 0.25) is 0 Å². The van der Waals surface area contributed by atoms with Gasteiger partial charge in [-0.25, -0.2) is 0 Å². The molecule has 0 aromatic heterocycles. The van der Waals surface area contributed by atoms with Crippen LogP contribution in [0.5, 0.6) is 23.0 Å². The van der Waals surface area contributed by atoms with E-state index in [1.54, 1.807) is 24.3 Å². The minimum absolute atomic E-state index is 0.0409. The van der Waals surface area contributed by atoms with Gasteiger partial charge in [-0.1, -0.05) is 24.3 Å². The summed E-state index contributed by atoms with van der Waals surface area (Å²) < 4.78 is 155. The van der Waals surface area contributed by atoms with E-state index in [9.17, 15) is 66.3 Å². The van der Waals surface area contributed by atoms with Gasteiger partial charge in [-0.2, -0.15) is 33.7 Å². The van der Waals surface area contributed by atoms with E-state index in [0.717, 1.165) is 66.7 Å². The van der Waals surface area contributed by atoms with Crippen molar-refractivity contribution in [1.82, 2.24) is 0 Å². The van der Waals surface area contributed by atoms with Crippen LogP contribution in [0.15, 0.2) is 147 Å². The van der Waals surface area contributed by atoms with Gasteiger partial charge in [0.25, 0.3) is 40.5 Å². The largest absolute Gasteiger partial charge is 0.494 e. The van der Waals surface area contributed by atoms with Crippen molar-refractivity contribution >= 4 is 57.8 Å². The maximum atomic E-state index is 13.7. The second kappa shape index (κ2) is 18.5. The predicted molar refractivity (Wildman–Crippen MR) is 228 cm³/mol. The lowest BCUT2D eigenvalue weighted by Gasteiger charge is -2.20. The molecule has 0 amide bonds. The average molecular weight is 967 g/mol. The van der Waals surface area contributed by atoms with E-state index in [-0.39, 0.29) is 33.8 Å². The monoisotopic (exact) mass is 966 g/mol. The van der Waals surface area contributed by atoms with Gasteiger partial charge >= 0.3 is 0 Å². The molecule has 0 saturated heterocycles. The van der Waals surface area contributed by atoms with Crippen LogP contribution in [-0.2, 0) is 40.5 Å². The van der Waals surface area contributed by atoms with Crippen LogP contribution in [-0.4, -0.2) is 75.8 Å². The van der Waals surface area contributed by atoms with E-state index in [1.165, 1.54) is 37.3 Å². The fourth-order valence-electron chi connectivity index (χ4n) is 6.34. The van der Waals surface area contributed by atoms with E-state index in [2.05, 4.69) is 0 Å². The molecule has 18 nitrogen and oxygen atoms in total. The highest BCUT2D eigenvalue weighted by Gasteiger charge is 2.28. The van der Waals surface area contributed by atoms with Crippen molar-refractivity contribution in [3.8, 4) is 23.0 Å². The van der Waals surface area contributed by atoms with Gasteiger partial charge in [0, 0.05) is 38.9 Å². The van der Waals surface area contributed by atoms with E-state index in [4.69, 9.17) is 14.2 Å². The molecule has 0 saturated carbocycles. The Morgan fingerprint density at radius 2 is 0.892 bits per heavy atom. The third kappa shape index (κ3) is 11.2. The maximum Gasteiger partial charge on any atom is 0.298 e.